The van der Waals surface area contributed by atoms with Crippen LogP contribution in [0.2, 0.25) is 5.02 Å². The number of carbonyl (C=O) groups excluding carboxylic acids is 1. The monoisotopic (exact) mass is 364 g/mol. The highest BCUT2D eigenvalue weighted by molar-refractivity contribution is 6.30. The van der Waals surface area contributed by atoms with Gasteiger partial charge in [-0.25, -0.2) is 0 Å². The number of amides is 1. The average molecular weight is 365 g/mol. The van der Waals surface area contributed by atoms with Gasteiger partial charge in [0.1, 0.15) is 0 Å². The van der Waals surface area contributed by atoms with Gasteiger partial charge >= 0.3 is 0 Å². The van der Waals surface area contributed by atoms with Crippen LogP contribution in [0.4, 0.5) is 0 Å². The molecule has 0 radical (unpaired) electrons. The largest absolute Gasteiger partial charge is 0.388 e. The highest BCUT2D eigenvalue weighted by Crippen LogP contribution is 2.40. The smallest absolute Gasteiger partial charge is 0.230 e. The number of hydrogen-bond acceptors (Lipinski definition) is 3. The zero-order valence-electron chi connectivity index (χ0n) is 14.8. The molecule has 1 amide bonds. The van der Waals surface area contributed by atoms with Gasteiger partial charge in [0, 0.05) is 11.6 Å². The minimum atomic E-state index is -0.797. The number of halogens is 1. The van der Waals surface area contributed by atoms with Crippen molar-refractivity contribution in [1.82, 2.24) is 10.6 Å². The molecular formula is C20H29ClN2O2. The van der Waals surface area contributed by atoms with Gasteiger partial charge in [-0.3, -0.25) is 4.79 Å². The lowest BCUT2D eigenvalue weighted by molar-refractivity contribution is -0.129. The summed E-state index contributed by atoms with van der Waals surface area (Å²) in [7, 11) is 0. The molecule has 0 aromatic heterocycles. The molecule has 0 spiro atoms. The lowest BCUT2D eigenvalue weighted by atomic mass is 9.68. The summed E-state index contributed by atoms with van der Waals surface area (Å²) in [5.74, 6) is 0.0557. The van der Waals surface area contributed by atoms with Crippen molar-refractivity contribution in [3.8, 4) is 0 Å². The topological polar surface area (TPSA) is 61.4 Å². The fraction of sp³-hybridized carbons (Fsp3) is 0.650. The quantitative estimate of drug-likeness (QED) is 0.769. The lowest BCUT2D eigenvalue weighted by Gasteiger charge is -2.37. The molecule has 1 aliphatic heterocycles. The number of carbonyl (C=O) groups is 1. The second kappa shape index (κ2) is 8.07. The molecule has 1 atom stereocenters. The van der Waals surface area contributed by atoms with Crippen molar-refractivity contribution >= 4 is 17.5 Å². The van der Waals surface area contributed by atoms with Crippen LogP contribution in [0.1, 0.15) is 56.9 Å². The molecule has 1 aliphatic carbocycles. The number of rotatable bonds is 4. The van der Waals surface area contributed by atoms with E-state index in [0.717, 1.165) is 57.2 Å². The predicted octanol–water partition coefficient (Wildman–Crippen LogP) is 3.16. The van der Waals surface area contributed by atoms with Crippen molar-refractivity contribution in [3.05, 3.63) is 34.9 Å². The van der Waals surface area contributed by atoms with E-state index in [1.807, 2.05) is 24.3 Å². The van der Waals surface area contributed by atoms with Gasteiger partial charge in [-0.2, -0.15) is 0 Å². The highest BCUT2D eigenvalue weighted by atomic mass is 35.5. The molecule has 0 bridgehead atoms. The molecule has 5 heteroatoms. The zero-order chi connectivity index (χ0) is 17.8. The van der Waals surface area contributed by atoms with Crippen molar-refractivity contribution in [3.63, 3.8) is 0 Å². The Bertz CT molecular complexity index is 574. The third-order valence-electron chi connectivity index (χ3n) is 5.88. The highest BCUT2D eigenvalue weighted by Gasteiger charge is 2.42. The van der Waals surface area contributed by atoms with Crippen LogP contribution < -0.4 is 10.6 Å². The molecule has 2 fully saturated rings. The van der Waals surface area contributed by atoms with Crippen LogP contribution in [0.3, 0.4) is 0 Å². The number of hydrogen-bond donors (Lipinski definition) is 3. The standard InChI is InChI=1S/C20H29ClN2O2/c21-17-7-5-16(6-8-17)20(10-2-1-3-11-20)18(24)23-15-19(25)9-4-13-22-14-12-19/h5-8,22,25H,1-4,9-15H2,(H,23,24)/t19-/m0/s1. The minimum absolute atomic E-state index is 0.0557. The van der Waals surface area contributed by atoms with Crippen LogP contribution in [0, 0.1) is 0 Å². The first kappa shape index (κ1) is 18.7. The fourth-order valence-electron chi connectivity index (χ4n) is 4.28. The summed E-state index contributed by atoms with van der Waals surface area (Å²) >= 11 is 6.03. The third kappa shape index (κ3) is 4.36. The molecule has 1 saturated carbocycles. The number of benzene rings is 1. The van der Waals surface area contributed by atoms with Gasteiger partial charge < -0.3 is 15.7 Å². The molecular weight excluding hydrogens is 336 g/mol. The Balaban J connectivity index is 1.74. The summed E-state index contributed by atoms with van der Waals surface area (Å²) in [5, 5.41) is 17.9. The van der Waals surface area contributed by atoms with Crippen molar-refractivity contribution in [2.24, 2.45) is 0 Å². The molecule has 1 aromatic carbocycles. The Labute approximate surface area is 155 Å². The molecule has 4 nitrogen and oxygen atoms in total. The zero-order valence-corrected chi connectivity index (χ0v) is 15.6. The van der Waals surface area contributed by atoms with Gasteiger partial charge in [-0.15, -0.1) is 0 Å². The third-order valence-corrected chi connectivity index (χ3v) is 6.13. The molecule has 3 rings (SSSR count). The Kier molecular flexibility index (Phi) is 6.03. The average Bonchev–Trinajstić information content (AvgIpc) is 2.86. The molecule has 2 aliphatic rings. The maximum absolute atomic E-state index is 13.2. The molecule has 3 N–H and O–H groups in total. The first-order valence-electron chi connectivity index (χ1n) is 9.52. The van der Waals surface area contributed by atoms with Gasteiger partial charge in [0.05, 0.1) is 11.0 Å². The van der Waals surface area contributed by atoms with E-state index in [1.165, 1.54) is 6.42 Å². The van der Waals surface area contributed by atoms with Gasteiger partial charge in [0.15, 0.2) is 0 Å². The summed E-state index contributed by atoms with van der Waals surface area (Å²) in [6, 6.07) is 7.70. The predicted molar refractivity (Wildman–Crippen MR) is 101 cm³/mol. The molecule has 1 saturated heterocycles. The van der Waals surface area contributed by atoms with Crippen molar-refractivity contribution in [2.45, 2.75) is 62.4 Å². The van der Waals surface area contributed by atoms with Crippen LogP contribution in [-0.4, -0.2) is 36.2 Å². The van der Waals surface area contributed by atoms with E-state index in [4.69, 9.17) is 11.6 Å². The van der Waals surface area contributed by atoms with Crippen molar-refractivity contribution < 1.29 is 9.90 Å². The first-order chi connectivity index (χ1) is 12.0. The van der Waals surface area contributed by atoms with E-state index >= 15 is 0 Å². The van der Waals surface area contributed by atoms with Crippen LogP contribution in [0.15, 0.2) is 24.3 Å². The van der Waals surface area contributed by atoms with Crippen LogP contribution >= 0.6 is 11.6 Å². The summed E-state index contributed by atoms with van der Waals surface area (Å²) in [6.45, 7) is 2.07. The van der Waals surface area contributed by atoms with E-state index in [1.54, 1.807) is 0 Å². The van der Waals surface area contributed by atoms with Crippen LogP contribution in [0.5, 0.6) is 0 Å². The Morgan fingerprint density at radius 1 is 1.04 bits per heavy atom. The number of nitrogens with one attached hydrogen (secondary N) is 2. The first-order valence-corrected chi connectivity index (χ1v) is 9.89. The van der Waals surface area contributed by atoms with Gasteiger partial charge in [0.2, 0.25) is 5.91 Å². The molecule has 138 valence electrons. The number of aliphatic hydroxyl groups is 1. The molecule has 0 unspecified atom stereocenters. The Morgan fingerprint density at radius 3 is 2.48 bits per heavy atom. The maximum atomic E-state index is 13.2. The SMILES string of the molecule is O=C(NC[C@]1(O)CCCNCC1)C1(c2ccc(Cl)cc2)CCCCC1. The second-order valence-electron chi connectivity index (χ2n) is 7.66. The van der Waals surface area contributed by atoms with E-state index < -0.39 is 11.0 Å². The van der Waals surface area contributed by atoms with Crippen molar-refractivity contribution in [1.29, 1.82) is 0 Å². The summed E-state index contributed by atoms with van der Waals surface area (Å²) in [4.78, 5) is 13.2. The summed E-state index contributed by atoms with van der Waals surface area (Å²) in [6.07, 6.45) is 7.37. The second-order valence-corrected chi connectivity index (χ2v) is 8.10. The van der Waals surface area contributed by atoms with Gasteiger partial charge in [-0.05, 0) is 62.9 Å². The lowest BCUT2D eigenvalue weighted by Crippen LogP contribution is -2.51. The van der Waals surface area contributed by atoms with Crippen molar-refractivity contribution in [2.75, 3.05) is 19.6 Å². The molecule has 1 aromatic rings. The maximum Gasteiger partial charge on any atom is 0.230 e. The minimum Gasteiger partial charge on any atom is -0.388 e. The van der Waals surface area contributed by atoms with E-state index in [2.05, 4.69) is 10.6 Å². The summed E-state index contributed by atoms with van der Waals surface area (Å²) < 4.78 is 0. The fourth-order valence-corrected chi connectivity index (χ4v) is 4.40. The van der Waals surface area contributed by atoms with Gasteiger partial charge in [-0.1, -0.05) is 43.0 Å². The van der Waals surface area contributed by atoms with Crippen LogP contribution in [0.25, 0.3) is 0 Å². The van der Waals surface area contributed by atoms with Crippen LogP contribution in [-0.2, 0) is 10.2 Å². The Hall–Kier alpha value is -1.10. The van der Waals surface area contributed by atoms with E-state index in [-0.39, 0.29) is 5.91 Å². The molecule has 25 heavy (non-hydrogen) atoms. The van der Waals surface area contributed by atoms with E-state index in [0.29, 0.717) is 18.0 Å². The Morgan fingerprint density at radius 2 is 1.76 bits per heavy atom. The normalized spacial score (nSPS) is 26.6. The molecule has 1 heterocycles. The summed E-state index contributed by atoms with van der Waals surface area (Å²) in [5.41, 5.74) is -0.236. The van der Waals surface area contributed by atoms with Gasteiger partial charge in [0.25, 0.3) is 0 Å². The van der Waals surface area contributed by atoms with E-state index in [9.17, 15) is 9.90 Å².